The van der Waals surface area contributed by atoms with Crippen molar-refractivity contribution in [3.8, 4) is 0 Å². The Hall–Kier alpha value is -1.31. The van der Waals surface area contributed by atoms with Gasteiger partial charge in [0, 0.05) is 0 Å². The second-order valence-corrected chi connectivity index (χ2v) is 4.08. The Bertz CT molecular complexity index is 306. The summed E-state index contributed by atoms with van der Waals surface area (Å²) in [6.07, 6.45) is 4.48. The van der Waals surface area contributed by atoms with Crippen molar-refractivity contribution in [2.24, 2.45) is 0 Å². The summed E-state index contributed by atoms with van der Waals surface area (Å²) in [6.45, 7) is 4.12. The minimum absolute atomic E-state index is 0.0132. The van der Waals surface area contributed by atoms with Gasteiger partial charge >= 0.3 is 5.97 Å². The molecule has 0 aliphatic heterocycles. The van der Waals surface area contributed by atoms with Gasteiger partial charge in [0.25, 0.3) is 0 Å². The molecule has 1 unspecified atom stereocenters. The Morgan fingerprint density at radius 2 is 1.94 bits per heavy atom. The van der Waals surface area contributed by atoms with Crippen LogP contribution in [-0.4, -0.2) is 12.1 Å². The highest BCUT2D eigenvalue weighted by Gasteiger charge is 2.10. The van der Waals surface area contributed by atoms with Gasteiger partial charge in [-0.05, 0) is 31.9 Å². The zero-order valence-corrected chi connectivity index (χ0v) is 10.1. The van der Waals surface area contributed by atoms with Crippen molar-refractivity contribution in [3.05, 3.63) is 35.9 Å². The van der Waals surface area contributed by atoms with Crippen molar-refractivity contribution in [3.63, 3.8) is 0 Å². The highest BCUT2D eigenvalue weighted by molar-refractivity contribution is 5.89. The minimum Gasteiger partial charge on any atom is -0.459 e. The molecule has 1 atom stereocenters. The van der Waals surface area contributed by atoms with E-state index in [1.807, 2.05) is 25.1 Å². The fraction of sp³-hybridized carbons (Fsp3) is 0.500. The predicted octanol–water partition coefficient (Wildman–Crippen LogP) is 3.81. The van der Waals surface area contributed by atoms with Gasteiger partial charge in [-0.25, -0.2) is 4.79 Å². The Balaban J connectivity index is 2.34. The molecule has 16 heavy (non-hydrogen) atoms. The molecule has 0 amide bonds. The van der Waals surface area contributed by atoms with Crippen LogP contribution in [0.25, 0.3) is 0 Å². The van der Waals surface area contributed by atoms with Gasteiger partial charge in [0.05, 0.1) is 11.7 Å². The summed E-state index contributed by atoms with van der Waals surface area (Å²) in [5.74, 6) is -0.218. The van der Waals surface area contributed by atoms with E-state index in [2.05, 4.69) is 6.92 Å². The van der Waals surface area contributed by atoms with Crippen LogP contribution in [0.15, 0.2) is 30.3 Å². The molecular weight excluding hydrogens is 200 g/mol. The molecule has 88 valence electrons. The molecule has 1 aromatic rings. The van der Waals surface area contributed by atoms with Gasteiger partial charge in [0.1, 0.15) is 0 Å². The Morgan fingerprint density at radius 3 is 2.56 bits per heavy atom. The number of hydrogen-bond donors (Lipinski definition) is 0. The molecule has 0 heterocycles. The number of hydrogen-bond acceptors (Lipinski definition) is 2. The summed E-state index contributed by atoms with van der Waals surface area (Å²) >= 11 is 0. The maximum absolute atomic E-state index is 11.7. The van der Waals surface area contributed by atoms with Gasteiger partial charge in [0.2, 0.25) is 0 Å². The molecule has 0 bridgehead atoms. The highest BCUT2D eigenvalue weighted by atomic mass is 16.5. The molecule has 0 saturated heterocycles. The van der Waals surface area contributed by atoms with Crippen LogP contribution in [0.4, 0.5) is 0 Å². The number of esters is 1. The van der Waals surface area contributed by atoms with Crippen molar-refractivity contribution in [2.75, 3.05) is 0 Å². The van der Waals surface area contributed by atoms with Crippen LogP contribution < -0.4 is 0 Å². The number of rotatable bonds is 6. The van der Waals surface area contributed by atoms with E-state index in [0.29, 0.717) is 5.56 Å². The lowest BCUT2D eigenvalue weighted by Gasteiger charge is -2.12. The first kappa shape index (κ1) is 12.8. The second kappa shape index (κ2) is 7.04. The highest BCUT2D eigenvalue weighted by Crippen LogP contribution is 2.09. The first-order chi connectivity index (χ1) is 7.74. The number of ether oxygens (including phenoxy) is 1. The summed E-state index contributed by atoms with van der Waals surface area (Å²) in [7, 11) is 0. The van der Waals surface area contributed by atoms with Gasteiger partial charge < -0.3 is 4.74 Å². The SMILES string of the molecule is CCCCCC(C)OC(=O)c1ccccc1. The molecule has 0 saturated carbocycles. The molecule has 0 aromatic heterocycles. The molecule has 0 spiro atoms. The molecule has 1 rings (SSSR count). The largest absolute Gasteiger partial charge is 0.459 e. The van der Waals surface area contributed by atoms with Crippen molar-refractivity contribution < 1.29 is 9.53 Å². The fourth-order valence-corrected chi connectivity index (χ4v) is 1.57. The number of carbonyl (C=O) groups excluding carboxylic acids is 1. The Kier molecular flexibility index (Phi) is 5.62. The summed E-state index contributed by atoms with van der Waals surface area (Å²) < 4.78 is 5.34. The van der Waals surface area contributed by atoms with E-state index >= 15 is 0 Å². The minimum atomic E-state index is -0.218. The quantitative estimate of drug-likeness (QED) is 0.538. The Labute approximate surface area is 97.6 Å². The molecule has 2 nitrogen and oxygen atoms in total. The van der Waals surface area contributed by atoms with E-state index < -0.39 is 0 Å². The summed E-state index contributed by atoms with van der Waals surface area (Å²) in [5, 5.41) is 0. The van der Waals surface area contributed by atoms with Crippen LogP contribution in [0.1, 0.15) is 49.9 Å². The third-order valence-electron chi connectivity index (χ3n) is 2.53. The standard InChI is InChI=1S/C14H20O2/c1-3-4-6-9-12(2)16-14(15)13-10-7-5-8-11-13/h5,7-8,10-12H,3-4,6,9H2,1-2H3. The predicted molar refractivity (Wildman–Crippen MR) is 65.5 cm³/mol. The zero-order chi connectivity index (χ0) is 11.8. The van der Waals surface area contributed by atoms with Gasteiger partial charge in [-0.3, -0.25) is 0 Å². The molecular formula is C14H20O2. The van der Waals surface area contributed by atoms with E-state index in [9.17, 15) is 4.79 Å². The number of benzene rings is 1. The van der Waals surface area contributed by atoms with Crippen LogP contribution in [0.2, 0.25) is 0 Å². The summed E-state index contributed by atoms with van der Waals surface area (Å²) in [6, 6.07) is 9.14. The van der Waals surface area contributed by atoms with E-state index in [4.69, 9.17) is 4.74 Å². The molecule has 0 aliphatic rings. The first-order valence-corrected chi connectivity index (χ1v) is 6.00. The topological polar surface area (TPSA) is 26.3 Å². The lowest BCUT2D eigenvalue weighted by atomic mass is 10.1. The average molecular weight is 220 g/mol. The molecule has 2 heteroatoms. The molecule has 0 fully saturated rings. The second-order valence-electron chi connectivity index (χ2n) is 4.08. The lowest BCUT2D eigenvalue weighted by Crippen LogP contribution is -2.14. The van der Waals surface area contributed by atoms with Crippen molar-refractivity contribution in [2.45, 2.75) is 45.6 Å². The normalized spacial score (nSPS) is 12.1. The third-order valence-corrected chi connectivity index (χ3v) is 2.53. The van der Waals surface area contributed by atoms with E-state index in [0.717, 1.165) is 12.8 Å². The first-order valence-electron chi connectivity index (χ1n) is 6.00. The smallest absolute Gasteiger partial charge is 0.338 e. The number of unbranched alkanes of at least 4 members (excludes halogenated alkanes) is 2. The van der Waals surface area contributed by atoms with Crippen molar-refractivity contribution in [1.82, 2.24) is 0 Å². The zero-order valence-electron chi connectivity index (χ0n) is 10.1. The lowest BCUT2D eigenvalue weighted by molar-refractivity contribution is 0.0319. The Morgan fingerprint density at radius 1 is 1.25 bits per heavy atom. The van der Waals surface area contributed by atoms with Gasteiger partial charge in [0.15, 0.2) is 0 Å². The average Bonchev–Trinajstić information content (AvgIpc) is 2.30. The van der Waals surface area contributed by atoms with Crippen LogP contribution in [-0.2, 0) is 4.74 Å². The number of carbonyl (C=O) groups is 1. The fourth-order valence-electron chi connectivity index (χ4n) is 1.57. The molecule has 1 aromatic carbocycles. The maximum atomic E-state index is 11.7. The van der Waals surface area contributed by atoms with Crippen LogP contribution in [0.3, 0.4) is 0 Å². The summed E-state index contributed by atoms with van der Waals surface area (Å²) in [5.41, 5.74) is 0.629. The van der Waals surface area contributed by atoms with Crippen LogP contribution in [0, 0.1) is 0 Å². The third kappa shape index (κ3) is 4.47. The molecule has 0 N–H and O–H groups in total. The van der Waals surface area contributed by atoms with Gasteiger partial charge in [-0.1, -0.05) is 38.0 Å². The molecule has 0 aliphatic carbocycles. The molecule has 0 radical (unpaired) electrons. The van der Waals surface area contributed by atoms with Crippen LogP contribution >= 0.6 is 0 Å². The van der Waals surface area contributed by atoms with E-state index in [-0.39, 0.29) is 12.1 Å². The summed E-state index contributed by atoms with van der Waals surface area (Å²) in [4.78, 5) is 11.7. The monoisotopic (exact) mass is 220 g/mol. The van der Waals surface area contributed by atoms with Crippen LogP contribution in [0.5, 0.6) is 0 Å². The van der Waals surface area contributed by atoms with Crippen molar-refractivity contribution in [1.29, 1.82) is 0 Å². The van der Waals surface area contributed by atoms with Crippen molar-refractivity contribution >= 4 is 5.97 Å². The maximum Gasteiger partial charge on any atom is 0.338 e. The van der Waals surface area contributed by atoms with Gasteiger partial charge in [-0.2, -0.15) is 0 Å². The van der Waals surface area contributed by atoms with E-state index in [1.165, 1.54) is 12.8 Å². The van der Waals surface area contributed by atoms with Gasteiger partial charge in [-0.15, -0.1) is 0 Å². The van der Waals surface area contributed by atoms with E-state index in [1.54, 1.807) is 12.1 Å².